The molecule has 0 unspecified atom stereocenters. The Labute approximate surface area is 442 Å². The Kier molecular flexibility index (Phi) is 17.6. The van der Waals surface area contributed by atoms with Crippen molar-refractivity contribution in [3.05, 3.63) is 117 Å². The summed E-state index contributed by atoms with van der Waals surface area (Å²) < 4.78 is 94.4. The van der Waals surface area contributed by atoms with Crippen molar-refractivity contribution >= 4 is 72.7 Å². The van der Waals surface area contributed by atoms with Crippen LogP contribution in [0.4, 0.5) is 54.7 Å². The fourth-order valence-electron chi connectivity index (χ4n) is 9.25. The molecule has 24 heteroatoms. The number of aliphatic hydroxyl groups excluding tert-OH is 2. The number of nitrogens with one attached hydrogen (secondary N) is 3. The predicted molar refractivity (Wildman–Crippen MR) is 281 cm³/mol. The van der Waals surface area contributed by atoms with E-state index in [0.29, 0.717) is 76.1 Å². The van der Waals surface area contributed by atoms with E-state index in [9.17, 15) is 41.4 Å². The van der Waals surface area contributed by atoms with Gasteiger partial charge in [-0.3, -0.25) is 0 Å². The number of aromatic nitrogens is 4. The topological polar surface area (TPSA) is 205 Å². The van der Waals surface area contributed by atoms with E-state index in [1.165, 1.54) is 12.1 Å². The highest BCUT2D eigenvalue weighted by Gasteiger charge is 2.39. The minimum absolute atomic E-state index is 0.117. The highest BCUT2D eigenvalue weighted by atomic mass is 32.1. The smallest absolute Gasteiger partial charge is 0.407 e. The van der Waals surface area contributed by atoms with Crippen LogP contribution in [0.1, 0.15) is 52.1 Å². The van der Waals surface area contributed by atoms with Gasteiger partial charge in [0.2, 0.25) is 11.9 Å². The number of anilines is 4. The number of hydrogen-bond donors (Lipinski definition) is 6. The van der Waals surface area contributed by atoms with Gasteiger partial charge < -0.3 is 55.9 Å². The third-order valence-corrected chi connectivity index (χ3v) is 15.1. The summed E-state index contributed by atoms with van der Waals surface area (Å²) in [5.41, 5.74) is 8.77. The number of carbonyl (C=O) groups is 1. The van der Waals surface area contributed by atoms with Crippen molar-refractivity contribution < 1.29 is 55.6 Å². The Morgan fingerprint density at radius 1 is 0.658 bits per heavy atom. The fraction of sp³-hybridized carbons (Fsp3) is 0.404. The van der Waals surface area contributed by atoms with Crippen molar-refractivity contribution in [3.63, 3.8) is 0 Å². The third kappa shape index (κ3) is 14.6. The first-order valence-electron chi connectivity index (χ1n) is 24.2. The van der Waals surface area contributed by atoms with Gasteiger partial charge in [-0.1, -0.05) is 54.6 Å². The number of benzene rings is 3. The van der Waals surface area contributed by atoms with Gasteiger partial charge >= 0.3 is 18.4 Å². The summed E-state index contributed by atoms with van der Waals surface area (Å²) in [4.78, 5) is 35.4. The number of alkyl carbamates (subject to hydrolysis) is 1. The summed E-state index contributed by atoms with van der Waals surface area (Å²) in [7, 11) is 6.69. The summed E-state index contributed by atoms with van der Waals surface area (Å²) in [5.74, 6) is 2.87. The highest BCUT2D eigenvalue weighted by molar-refractivity contribution is 7.19. The molecule has 7 N–H and O–H groups in total. The number of alkyl halides is 6. The molecule has 0 aliphatic heterocycles. The number of thiophene rings is 2. The molecule has 7 aromatic rings. The van der Waals surface area contributed by atoms with E-state index in [0.717, 1.165) is 45.1 Å². The lowest BCUT2D eigenvalue weighted by Gasteiger charge is -2.29. The number of ether oxygens (including phenoxy) is 3. The Bertz CT molecular complexity index is 3040. The molecular weight excluding hydrogens is 1040 g/mol. The van der Waals surface area contributed by atoms with Gasteiger partial charge in [-0.15, -0.1) is 22.7 Å². The summed E-state index contributed by atoms with van der Waals surface area (Å²) >= 11 is 1.96. The van der Waals surface area contributed by atoms with Crippen LogP contribution in [-0.2, 0) is 37.3 Å². The second-order valence-electron chi connectivity index (χ2n) is 18.7. The SMILES string of the molecule is COc1ccc(CNc2nc(N(C)[C@H]3C[C@@H](N)C[C@H]3O)c3cc(CC(F)(F)F)sc3n2)cc1.COc1ccc(CNc2nc(N(C)[C@H]3C[C@@H](NC(=O)OCc4ccccc4)C[C@H]3O)c3cc(CC(F)(F)F)sc3n2)cc1. The number of fused-ring (bicyclic) bond motifs is 2. The molecule has 0 saturated heterocycles. The van der Waals surface area contributed by atoms with Crippen LogP contribution in [0.3, 0.4) is 0 Å². The lowest BCUT2D eigenvalue weighted by atomic mass is 10.1. The molecule has 76 heavy (non-hydrogen) atoms. The molecule has 2 aliphatic carbocycles. The van der Waals surface area contributed by atoms with E-state index < -0.39 is 49.5 Å². The van der Waals surface area contributed by atoms with Crippen LogP contribution in [0.25, 0.3) is 20.4 Å². The highest BCUT2D eigenvalue weighted by Crippen LogP contribution is 2.39. The number of aliphatic hydroxyl groups is 2. The van der Waals surface area contributed by atoms with Gasteiger partial charge in [-0.2, -0.15) is 36.3 Å². The maximum absolute atomic E-state index is 13.2. The molecule has 0 radical (unpaired) electrons. The van der Waals surface area contributed by atoms with E-state index in [2.05, 4.69) is 35.9 Å². The monoisotopic (exact) mass is 1100 g/mol. The van der Waals surface area contributed by atoms with Gasteiger partial charge in [0.05, 0.1) is 62.1 Å². The van der Waals surface area contributed by atoms with Gasteiger partial charge in [-0.05, 0) is 78.8 Å². The van der Waals surface area contributed by atoms with Gasteiger partial charge in [-0.25, -0.2) is 14.8 Å². The number of rotatable bonds is 17. The van der Waals surface area contributed by atoms with Crippen molar-refractivity contribution in [2.75, 3.05) is 48.7 Å². The van der Waals surface area contributed by atoms with Crippen molar-refractivity contribution in [3.8, 4) is 11.5 Å². The zero-order valence-electron chi connectivity index (χ0n) is 41.9. The standard InChI is InChI=1S/C30H32F3N5O4S.C22H26F3N5O2S/c1-38(24-12-20(13-25(24)39)35-29(40)42-17-19-6-4-3-5-7-19)26-23-14-22(15-30(31,32)33)43-27(23)37-28(36-26)34-16-18-8-10-21(41-2)11-9-18;1-30(17-7-13(26)8-18(17)31)19-16-9-15(10-22(23,24)25)33-20(16)29-21(28-19)27-11-12-3-5-14(32-2)6-4-12/h3-11,14,20,24-25,39H,12-13,15-17H2,1-2H3,(H,35,40)(H,34,36,37);3-6,9,13,17-18,31H,7-8,10-11,26H2,1-2H3,(H,27,28,29)/t20-,24+,25-;13-,17+,18-/m11/s1. The molecule has 4 aromatic heterocycles. The molecular formula is C52H58F6N10O6S2. The fourth-order valence-corrected chi connectivity index (χ4v) is 11.4. The van der Waals surface area contributed by atoms with E-state index in [1.54, 1.807) is 33.2 Å². The Morgan fingerprint density at radius 2 is 1.12 bits per heavy atom. The number of nitrogens with zero attached hydrogens (tertiary/aromatic N) is 6. The van der Waals surface area contributed by atoms with Gasteiger partial charge in [0, 0.05) is 49.0 Å². The Balaban J connectivity index is 0.000000209. The van der Waals surface area contributed by atoms with Crippen molar-refractivity contribution in [1.82, 2.24) is 25.3 Å². The third-order valence-electron chi connectivity index (χ3n) is 13.0. The van der Waals surface area contributed by atoms with Crippen LogP contribution in [0.5, 0.6) is 11.5 Å². The average molecular weight is 1100 g/mol. The largest absolute Gasteiger partial charge is 0.497 e. The van der Waals surface area contributed by atoms with E-state index >= 15 is 0 Å². The molecule has 1 amide bonds. The number of carbonyl (C=O) groups excluding carboxylic acids is 1. The molecule has 0 bridgehead atoms. The minimum Gasteiger partial charge on any atom is -0.497 e. The molecule has 406 valence electrons. The molecule has 2 fully saturated rings. The number of nitrogens with two attached hydrogens (primary N) is 1. The Hall–Kier alpha value is -6.73. The molecule has 4 heterocycles. The summed E-state index contributed by atoms with van der Waals surface area (Å²) in [5, 5.41) is 31.5. The minimum atomic E-state index is -4.37. The normalized spacial score (nSPS) is 19.5. The van der Waals surface area contributed by atoms with E-state index in [1.807, 2.05) is 83.8 Å². The van der Waals surface area contributed by atoms with E-state index in [-0.39, 0.29) is 46.9 Å². The average Bonchev–Trinajstić information content (AvgIpc) is 4.18. The number of hydrogen-bond acceptors (Lipinski definition) is 17. The number of likely N-dealkylation sites (N-methyl/N-ethyl adjacent to an activating group) is 2. The lowest BCUT2D eigenvalue weighted by molar-refractivity contribution is -0.127. The van der Waals surface area contributed by atoms with Crippen LogP contribution in [0, 0.1) is 0 Å². The maximum atomic E-state index is 13.2. The molecule has 9 rings (SSSR count). The quantitative estimate of drug-likeness (QED) is 0.0470. The second-order valence-corrected chi connectivity index (χ2v) is 20.9. The zero-order chi connectivity index (χ0) is 54.3. The van der Waals surface area contributed by atoms with E-state index in [4.69, 9.17) is 19.9 Å². The maximum Gasteiger partial charge on any atom is 0.407 e. The molecule has 3 aromatic carbocycles. The first-order chi connectivity index (χ1) is 36.2. The van der Waals surface area contributed by atoms with Crippen molar-refractivity contribution in [2.24, 2.45) is 5.73 Å². The summed E-state index contributed by atoms with van der Waals surface area (Å²) in [6.07, 6.45) is -11.1. The summed E-state index contributed by atoms with van der Waals surface area (Å²) in [6.45, 7) is 0.924. The molecule has 16 nitrogen and oxygen atoms in total. The molecule has 2 saturated carbocycles. The van der Waals surface area contributed by atoms with Crippen LogP contribution in [0.2, 0.25) is 0 Å². The van der Waals surface area contributed by atoms with Crippen LogP contribution < -0.4 is 41.0 Å². The number of methoxy groups -OCH3 is 2. The Morgan fingerprint density at radius 3 is 1.55 bits per heavy atom. The molecule has 2 aliphatic rings. The number of halogens is 6. The van der Waals surface area contributed by atoms with Crippen LogP contribution in [0.15, 0.2) is 91.0 Å². The number of amides is 1. The van der Waals surface area contributed by atoms with Crippen LogP contribution >= 0.6 is 22.7 Å². The first kappa shape index (κ1) is 55.5. The molecule has 0 spiro atoms. The van der Waals surface area contributed by atoms with Gasteiger partial charge in [0.15, 0.2) is 0 Å². The first-order valence-corrected chi connectivity index (χ1v) is 25.9. The van der Waals surface area contributed by atoms with Gasteiger partial charge in [0.25, 0.3) is 0 Å². The van der Waals surface area contributed by atoms with Crippen molar-refractivity contribution in [2.45, 2.75) is 107 Å². The zero-order valence-corrected chi connectivity index (χ0v) is 43.5. The lowest BCUT2D eigenvalue weighted by Crippen LogP contribution is -2.39. The molecule has 6 atom stereocenters. The van der Waals surface area contributed by atoms with Gasteiger partial charge in [0.1, 0.15) is 39.4 Å². The van der Waals surface area contributed by atoms with Crippen LogP contribution in [-0.4, -0.2) is 113 Å². The predicted octanol–water partition coefficient (Wildman–Crippen LogP) is 9.37. The summed E-state index contributed by atoms with van der Waals surface area (Å²) in [6, 6.07) is 25.9. The second kappa shape index (κ2) is 24.1. The van der Waals surface area contributed by atoms with Crippen molar-refractivity contribution in [1.29, 1.82) is 0 Å².